The first-order chi connectivity index (χ1) is 9.11. The second-order valence-corrected chi connectivity index (χ2v) is 6.83. The number of hydrogen-bond acceptors (Lipinski definition) is 2. The number of hydrogen-bond donors (Lipinski definition) is 1. The summed E-state index contributed by atoms with van der Waals surface area (Å²) in [6.45, 7) is 3.07. The minimum absolute atomic E-state index is 0.242. The first-order valence-corrected chi connectivity index (χ1v) is 8.08. The van der Waals surface area contributed by atoms with Crippen LogP contribution in [0.3, 0.4) is 0 Å². The van der Waals surface area contributed by atoms with Crippen LogP contribution in [0.2, 0.25) is 0 Å². The van der Waals surface area contributed by atoms with E-state index < -0.39 is 0 Å². The molecule has 0 aromatic carbocycles. The molecular formula is C16H30N2O. The van der Waals surface area contributed by atoms with Gasteiger partial charge in [-0.15, -0.1) is 0 Å². The van der Waals surface area contributed by atoms with Crippen LogP contribution in [-0.4, -0.2) is 30.4 Å². The normalized spacial score (nSPS) is 35.9. The Hall–Kier alpha value is -0.570. The lowest BCUT2D eigenvalue weighted by Gasteiger charge is -2.37. The van der Waals surface area contributed by atoms with Crippen molar-refractivity contribution in [2.45, 2.75) is 64.3 Å². The van der Waals surface area contributed by atoms with Crippen molar-refractivity contribution in [3.8, 4) is 0 Å². The summed E-state index contributed by atoms with van der Waals surface area (Å²) in [7, 11) is 2.02. The van der Waals surface area contributed by atoms with Crippen LogP contribution >= 0.6 is 0 Å². The highest BCUT2D eigenvalue weighted by molar-refractivity contribution is 5.79. The summed E-state index contributed by atoms with van der Waals surface area (Å²) in [5.74, 6) is 2.04. The molecule has 2 fully saturated rings. The fraction of sp³-hybridized carbons (Fsp3) is 0.938. The van der Waals surface area contributed by atoms with Gasteiger partial charge >= 0.3 is 0 Å². The Kier molecular flexibility index (Phi) is 5.26. The molecule has 2 atom stereocenters. The fourth-order valence-electron chi connectivity index (χ4n) is 3.83. The molecule has 110 valence electrons. The largest absolute Gasteiger partial charge is 0.343 e. The van der Waals surface area contributed by atoms with Crippen molar-refractivity contribution in [2.75, 3.05) is 13.6 Å². The van der Waals surface area contributed by atoms with E-state index in [2.05, 4.69) is 11.8 Å². The van der Waals surface area contributed by atoms with Crippen LogP contribution in [0.25, 0.3) is 0 Å². The average molecular weight is 266 g/mol. The topological polar surface area (TPSA) is 46.3 Å². The van der Waals surface area contributed by atoms with Gasteiger partial charge < -0.3 is 10.6 Å². The summed E-state index contributed by atoms with van der Waals surface area (Å²) < 4.78 is 0. The van der Waals surface area contributed by atoms with E-state index in [0.717, 1.165) is 25.3 Å². The van der Waals surface area contributed by atoms with Crippen LogP contribution in [0.15, 0.2) is 0 Å². The molecule has 2 aliphatic carbocycles. The van der Waals surface area contributed by atoms with Gasteiger partial charge in [0, 0.05) is 19.0 Å². The van der Waals surface area contributed by atoms with E-state index in [1.165, 1.54) is 38.5 Å². The Morgan fingerprint density at radius 3 is 2.47 bits per heavy atom. The molecule has 3 heteroatoms. The van der Waals surface area contributed by atoms with Gasteiger partial charge in [0.05, 0.1) is 0 Å². The predicted molar refractivity (Wildman–Crippen MR) is 78.7 cm³/mol. The second kappa shape index (κ2) is 6.74. The molecule has 0 saturated heterocycles. The third-order valence-corrected chi connectivity index (χ3v) is 5.35. The van der Waals surface area contributed by atoms with E-state index in [-0.39, 0.29) is 5.92 Å². The van der Waals surface area contributed by atoms with Gasteiger partial charge in [-0.25, -0.2) is 0 Å². The first kappa shape index (κ1) is 14.8. The van der Waals surface area contributed by atoms with Crippen LogP contribution in [-0.2, 0) is 4.79 Å². The minimum Gasteiger partial charge on any atom is -0.343 e. The number of carbonyl (C=O) groups excluding carboxylic acids is 1. The Morgan fingerprint density at radius 1 is 1.16 bits per heavy atom. The van der Waals surface area contributed by atoms with Gasteiger partial charge in [-0.3, -0.25) is 4.79 Å². The third-order valence-electron chi connectivity index (χ3n) is 5.35. The Balaban J connectivity index is 1.87. The van der Waals surface area contributed by atoms with E-state index in [1.807, 2.05) is 7.05 Å². The lowest BCUT2D eigenvalue weighted by molar-refractivity contribution is -0.138. The van der Waals surface area contributed by atoms with E-state index >= 15 is 0 Å². The van der Waals surface area contributed by atoms with Crippen LogP contribution in [0, 0.1) is 17.8 Å². The van der Waals surface area contributed by atoms with E-state index in [4.69, 9.17) is 5.73 Å². The Bertz CT molecular complexity index is 297. The van der Waals surface area contributed by atoms with Gasteiger partial charge in [0.25, 0.3) is 0 Å². The lowest BCUT2D eigenvalue weighted by atomic mass is 9.80. The highest BCUT2D eigenvalue weighted by atomic mass is 16.2. The summed E-state index contributed by atoms with van der Waals surface area (Å²) >= 11 is 0. The maximum absolute atomic E-state index is 12.6. The number of nitrogens with zero attached hydrogens (tertiary/aromatic N) is 1. The molecule has 0 radical (unpaired) electrons. The second-order valence-electron chi connectivity index (χ2n) is 6.83. The summed E-state index contributed by atoms with van der Waals surface area (Å²) in [6.07, 6.45) is 9.41. The summed E-state index contributed by atoms with van der Waals surface area (Å²) in [5, 5.41) is 0. The fourth-order valence-corrected chi connectivity index (χ4v) is 3.83. The number of nitrogens with two attached hydrogens (primary N) is 1. The minimum atomic E-state index is 0.242. The molecule has 2 rings (SSSR count). The SMILES string of the molecule is CC1CCC(N(C)C(=O)C2CCCC(CN)C2)CC1. The molecule has 2 saturated carbocycles. The Morgan fingerprint density at radius 2 is 1.84 bits per heavy atom. The summed E-state index contributed by atoms with van der Waals surface area (Å²) in [5.41, 5.74) is 5.77. The average Bonchev–Trinajstić information content (AvgIpc) is 2.46. The van der Waals surface area contributed by atoms with Crippen molar-refractivity contribution in [1.29, 1.82) is 0 Å². The number of amides is 1. The molecule has 0 spiro atoms. The van der Waals surface area contributed by atoms with Gasteiger partial charge in [-0.1, -0.05) is 13.3 Å². The van der Waals surface area contributed by atoms with E-state index in [9.17, 15) is 4.79 Å². The van der Waals surface area contributed by atoms with E-state index in [1.54, 1.807) is 0 Å². The molecule has 19 heavy (non-hydrogen) atoms. The summed E-state index contributed by atoms with van der Waals surface area (Å²) in [6, 6.07) is 0.488. The molecule has 0 heterocycles. The maximum atomic E-state index is 12.6. The lowest BCUT2D eigenvalue weighted by Crippen LogP contribution is -2.43. The van der Waals surface area contributed by atoms with Gasteiger partial charge in [0.15, 0.2) is 0 Å². The summed E-state index contributed by atoms with van der Waals surface area (Å²) in [4.78, 5) is 14.7. The molecule has 0 aromatic heterocycles. The molecule has 3 nitrogen and oxygen atoms in total. The number of carbonyl (C=O) groups is 1. The van der Waals surface area contributed by atoms with Crippen molar-refractivity contribution >= 4 is 5.91 Å². The monoisotopic (exact) mass is 266 g/mol. The molecule has 2 N–H and O–H groups in total. The smallest absolute Gasteiger partial charge is 0.225 e. The third kappa shape index (κ3) is 3.71. The van der Waals surface area contributed by atoms with Crippen LogP contribution in [0.4, 0.5) is 0 Å². The standard InChI is InChI=1S/C16H30N2O/c1-12-6-8-15(9-7-12)18(2)16(19)14-5-3-4-13(10-14)11-17/h12-15H,3-11,17H2,1-2H3. The maximum Gasteiger partial charge on any atom is 0.225 e. The van der Waals surface area contributed by atoms with E-state index in [0.29, 0.717) is 17.9 Å². The molecule has 0 aliphatic heterocycles. The van der Waals surface area contributed by atoms with Gasteiger partial charge in [0.1, 0.15) is 0 Å². The highest BCUT2D eigenvalue weighted by Crippen LogP contribution is 2.32. The first-order valence-electron chi connectivity index (χ1n) is 8.08. The van der Waals surface area contributed by atoms with Crippen molar-refractivity contribution in [3.05, 3.63) is 0 Å². The van der Waals surface area contributed by atoms with Crippen molar-refractivity contribution in [1.82, 2.24) is 4.90 Å². The molecule has 0 bridgehead atoms. The van der Waals surface area contributed by atoms with Gasteiger partial charge in [-0.05, 0) is 63.3 Å². The molecule has 2 aliphatic rings. The van der Waals surface area contributed by atoms with Crippen molar-refractivity contribution in [3.63, 3.8) is 0 Å². The van der Waals surface area contributed by atoms with Crippen LogP contribution < -0.4 is 5.73 Å². The molecule has 2 unspecified atom stereocenters. The zero-order chi connectivity index (χ0) is 13.8. The Labute approximate surface area is 117 Å². The van der Waals surface area contributed by atoms with Crippen LogP contribution in [0.5, 0.6) is 0 Å². The molecule has 0 aromatic rings. The zero-order valence-corrected chi connectivity index (χ0v) is 12.6. The number of rotatable bonds is 3. The zero-order valence-electron chi connectivity index (χ0n) is 12.6. The van der Waals surface area contributed by atoms with Gasteiger partial charge in [-0.2, -0.15) is 0 Å². The predicted octanol–water partition coefficient (Wildman–Crippen LogP) is 2.79. The van der Waals surface area contributed by atoms with Crippen LogP contribution in [0.1, 0.15) is 58.3 Å². The van der Waals surface area contributed by atoms with Crippen molar-refractivity contribution in [2.24, 2.45) is 23.5 Å². The molecule has 1 amide bonds. The highest BCUT2D eigenvalue weighted by Gasteiger charge is 2.32. The molecular weight excluding hydrogens is 236 g/mol. The quantitative estimate of drug-likeness (QED) is 0.854. The van der Waals surface area contributed by atoms with Crippen molar-refractivity contribution < 1.29 is 4.79 Å². The van der Waals surface area contributed by atoms with Gasteiger partial charge in [0.2, 0.25) is 5.91 Å².